The van der Waals surface area contributed by atoms with Gasteiger partial charge >= 0.3 is 0 Å². The summed E-state index contributed by atoms with van der Waals surface area (Å²) in [5.41, 5.74) is 4.73. The molecule has 29 heavy (non-hydrogen) atoms. The molecule has 0 unspecified atom stereocenters. The van der Waals surface area contributed by atoms with Gasteiger partial charge in [-0.05, 0) is 50.1 Å². The van der Waals surface area contributed by atoms with E-state index >= 15 is 0 Å². The second-order valence-electron chi connectivity index (χ2n) is 8.04. The summed E-state index contributed by atoms with van der Waals surface area (Å²) >= 11 is 0. The number of piperazine rings is 1. The van der Waals surface area contributed by atoms with Crippen molar-refractivity contribution in [2.75, 3.05) is 44.2 Å². The molecule has 6 heteroatoms. The van der Waals surface area contributed by atoms with E-state index in [-0.39, 0.29) is 12.4 Å². The number of nitrogens with one attached hydrogen (secondary N) is 1. The van der Waals surface area contributed by atoms with Crippen molar-refractivity contribution in [3.05, 3.63) is 54.2 Å². The Kier molecular flexibility index (Phi) is 6.09. The zero-order valence-corrected chi connectivity index (χ0v) is 17.9. The average Bonchev–Trinajstić information content (AvgIpc) is 3.11. The first-order valence-electron chi connectivity index (χ1n) is 10.5. The molecule has 2 aliphatic rings. The molecule has 2 saturated heterocycles. The van der Waals surface area contributed by atoms with E-state index in [1.165, 1.54) is 42.5 Å². The van der Waals surface area contributed by atoms with Gasteiger partial charge in [-0.25, -0.2) is 4.68 Å². The van der Waals surface area contributed by atoms with Gasteiger partial charge in [-0.2, -0.15) is 5.10 Å². The Balaban J connectivity index is 0.00000205. The van der Waals surface area contributed by atoms with Crippen LogP contribution in [0.5, 0.6) is 0 Å². The second kappa shape index (κ2) is 8.74. The van der Waals surface area contributed by atoms with E-state index in [1.54, 1.807) is 0 Å². The van der Waals surface area contributed by atoms with E-state index in [2.05, 4.69) is 75.3 Å². The normalized spacial score (nSPS) is 18.7. The van der Waals surface area contributed by atoms with Crippen molar-refractivity contribution in [3.63, 3.8) is 0 Å². The van der Waals surface area contributed by atoms with Crippen LogP contribution in [0, 0.1) is 6.92 Å². The zero-order valence-electron chi connectivity index (χ0n) is 17.1. The minimum absolute atomic E-state index is 0. The minimum atomic E-state index is 0. The third-order valence-electron chi connectivity index (χ3n) is 6.35. The fourth-order valence-electron chi connectivity index (χ4n) is 4.76. The van der Waals surface area contributed by atoms with Crippen molar-refractivity contribution in [2.45, 2.75) is 25.8 Å². The molecule has 3 heterocycles. The molecule has 2 aromatic carbocycles. The predicted octanol–water partition coefficient (Wildman–Crippen LogP) is 3.63. The summed E-state index contributed by atoms with van der Waals surface area (Å²) in [6.45, 7) is 9.05. The highest BCUT2D eigenvalue weighted by molar-refractivity contribution is 5.86. The van der Waals surface area contributed by atoms with Crippen LogP contribution in [0.2, 0.25) is 0 Å². The SMILES string of the molecule is Cc1nn(-c2ccccc2)c2cc(N3CCC(N4CCNCC4)CC3)ccc12.Cl. The molecule has 0 spiro atoms. The Morgan fingerprint density at radius 3 is 2.34 bits per heavy atom. The fourth-order valence-corrected chi connectivity index (χ4v) is 4.76. The van der Waals surface area contributed by atoms with E-state index in [0.29, 0.717) is 0 Å². The smallest absolute Gasteiger partial charge is 0.0764 e. The molecule has 0 saturated carbocycles. The number of anilines is 1. The Morgan fingerprint density at radius 1 is 0.897 bits per heavy atom. The number of halogens is 1. The van der Waals surface area contributed by atoms with E-state index in [1.807, 2.05) is 0 Å². The minimum Gasteiger partial charge on any atom is -0.371 e. The maximum atomic E-state index is 4.81. The lowest BCUT2D eigenvalue weighted by Crippen LogP contribution is -2.52. The van der Waals surface area contributed by atoms with E-state index < -0.39 is 0 Å². The number of rotatable bonds is 3. The topological polar surface area (TPSA) is 36.3 Å². The third-order valence-corrected chi connectivity index (χ3v) is 6.35. The molecule has 1 N–H and O–H groups in total. The van der Waals surface area contributed by atoms with Crippen LogP contribution in [-0.4, -0.2) is 60.0 Å². The lowest BCUT2D eigenvalue weighted by molar-refractivity contribution is 0.150. The van der Waals surface area contributed by atoms with E-state index in [0.717, 1.165) is 43.6 Å². The molecule has 0 radical (unpaired) electrons. The van der Waals surface area contributed by atoms with Gasteiger partial charge < -0.3 is 10.2 Å². The third kappa shape index (κ3) is 4.00. The highest BCUT2D eigenvalue weighted by Crippen LogP contribution is 2.29. The summed E-state index contributed by atoms with van der Waals surface area (Å²) in [6, 6.07) is 18.0. The molecule has 0 atom stereocenters. The Hall–Kier alpha value is -2.08. The van der Waals surface area contributed by atoms with Crippen molar-refractivity contribution in [1.82, 2.24) is 20.0 Å². The molecular weight excluding hydrogens is 382 g/mol. The average molecular weight is 412 g/mol. The molecule has 5 rings (SSSR count). The number of aryl methyl sites for hydroxylation is 1. The van der Waals surface area contributed by atoms with Gasteiger partial charge in [0.05, 0.1) is 16.9 Å². The van der Waals surface area contributed by atoms with Crippen molar-refractivity contribution in [2.24, 2.45) is 0 Å². The van der Waals surface area contributed by atoms with Gasteiger partial charge in [0.2, 0.25) is 0 Å². The van der Waals surface area contributed by atoms with E-state index in [4.69, 9.17) is 5.10 Å². The number of hydrogen-bond donors (Lipinski definition) is 1. The molecule has 154 valence electrons. The lowest BCUT2D eigenvalue weighted by atomic mass is 10.0. The van der Waals surface area contributed by atoms with Crippen LogP contribution in [0.1, 0.15) is 18.5 Å². The molecule has 5 nitrogen and oxygen atoms in total. The van der Waals surface area contributed by atoms with Crippen molar-refractivity contribution >= 4 is 29.0 Å². The highest BCUT2D eigenvalue weighted by Gasteiger charge is 2.26. The lowest BCUT2D eigenvalue weighted by Gasteiger charge is -2.41. The van der Waals surface area contributed by atoms with Gasteiger partial charge in [0.1, 0.15) is 0 Å². The number of para-hydroxylation sites is 1. The van der Waals surface area contributed by atoms with Crippen LogP contribution in [0.25, 0.3) is 16.6 Å². The first-order valence-corrected chi connectivity index (χ1v) is 10.5. The van der Waals surface area contributed by atoms with Gasteiger partial charge in [-0.15, -0.1) is 12.4 Å². The monoisotopic (exact) mass is 411 g/mol. The highest BCUT2D eigenvalue weighted by atomic mass is 35.5. The zero-order chi connectivity index (χ0) is 18.9. The summed E-state index contributed by atoms with van der Waals surface area (Å²) in [5.74, 6) is 0. The summed E-state index contributed by atoms with van der Waals surface area (Å²) in [6.07, 6.45) is 2.52. The quantitative estimate of drug-likeness (QED) is 0.714. The fraction of sp³-hybridized carbons (Fsp3) is 0.435. The van der Waals surface area contributed by atoms with Crippen LogP contribution >= 0.6 is 12.4 Å². The van der Waals surface area contributed by atoms with Gasteiger partial charge in [-0.3, -0.25) is 4.90 Å². The standard InChI is InChI=1S/C23H29N5.ClH/c1-18-22-8-7-21(17-23(22)28(25-18)20-5-3-2-4-6-20)26-13-9-19(10-14-26)27-15-11-24-12-16-27;/h2-8,17,19,24H,9-16H2,1H3;1H. The number of nitrogens with zero attached hydrogens (tertiary/aromatic N) is 4. The van der Waals surface area contributed by atoms with Crippen LogP contribution in [0.3, 0.4) is 0 Å². The van der Waals surface area contributed by atoms with Crippen LogP contribution in [-0.2, 0) is 0 Å². The first kappa shape index (κ1) is 20.2. The summed E-state index contributed by atoms with van der Waals surface area (Å²) in [7, 11) is 0. The molecule has 2 aliphatic heterocycles. The molecule has 1 aromatic heterocycles. The van der Waals surface area contributed by atoms with Crippen LogP contribution in [0.4, 0.5) is 5.69 Å². The van der Waals surface area contributed by atoms with Gasteiger partial charge in [0.25, 0.3) is 0 Å². The molecule has 2 fully saturated rings. The number of hydrogen-bond acceptors (Lipinski definition) is 4. The van der Waals surface area contributed by atoms with E-state index in [9.17, 15) is 0 Å². The number of benzene rings is 2. The molecule has 0 amide bonds. The summed E-state index contributed by atoms with van der Waals surface area (Å²) in [5, 5.41) is 9.51. The molecule has 3 aromatic rings. The van der Waals surface area contributed by atoms with Crippen LogP contribution in [0.15, 0.2) is 48.5 Å². The summed E-state index contributed by atoms with van der Waals surface area (Å²) < 4.78 is 2.08. The van der Waals surface area contributed by atoms with Crippen molar-refractivity contribution in [1.29, 1.82) is 0 Å². The van der Waals surface area contributed by atoms with Crippen molar-refractivity contribution in [3.8, 4) is 5.69 Å². The molecule has 0 aliphatic carbocycles. The number of fused-ring (bicyclic) bond motifs is 1. The second-order valence-corrected chi connectivity index (χ2v) is 8.04. The molecular formula is C23H30ClN5. The van der Waals surface area contributed by atoms with Gasteiger partial charge in [-0.1, -0.05) is 18.2 Å². The summed E-state index contributed by atoms with van der Waals surface area (Å²) in [4.78, 5) is 5.24. The van der Waals surface area contributed by atoms with Gasteiger partial charge in [0.15, 0.2) is 0 Å². The number of piperidine rings is 1. The first-order chi connectivity index (χ1) is 13.8. The van der Waals surface area contributed by atoms with Crippen molar-refractivity contribution < 1.29 is 0 Å². The maximum absolute atomic E-state index is 4.81. The predicted molar refractivity (Wildman–Crippen MR) is 123 cm³/mol. The Labute approximate surface area is 179 Å². The van der Waals surface area contributed by atoms with Gasteiger partial charge in [0, 0.05) is 56.4 Å². The molecule has 0 bridgehead atoms. The Morgan fingerprint density at radius 2 is 1.62 bits per heavy atom. The Bertz CT molecular complexity index is 941. The number of aromatic nitrogens is 2. The largest absolute Gasteiger partial charge is 0.371 e. The van der Waals surface area contributed by atoms with Crippen LogP contribution < -0.4 is 10.2 Å². The maximum Gasteiger partial charge on any atom is 0.0764 e.